The molecule has 3 aromatic heterocycles. The van der Waals surface area contributed by atoms with Crippen molar-refractivity contribution in [1.82, 2.24) is 24.7 Å². The van der Waals surface area contributed by atoms with Crippen LogP contribution in [0.3, 0.4) is 0 Å². The molecule has 1 aliphatic rings. The molecule has 1 amide bonds. The predicted molar refractivity (Wildman–Crippen MR) is 111 cm³/mol. The molecule has 1 unspecified atom stereocenters. The van der Waals surface area contributed by atoms with Crippen LogP contribution in [0.4, 0.5) is 24.8 Å². The molecule has 1 atom stereocenters. The van der Waals surface area contributed by atoms with Crippen molar-refractivity contribution in [3.05, 3.63) is 41.7 Å². The Labute approximate surface area is 181 Å². The van der Waals surface area contributed by atoms with Crippen LogP contribution in [0, 0.1) is 12.7 Å². The van der Waals surface area contributed by atoms with Crippen LogP contribution in [-0.4, -0.2) is 64.0 Å². The van der Waals surface area contributed by atoms with Crippen LogP contribution in [0.1, 0.15) is 23.0 Å². The lowest BCUT2D eigenvalue weighted by Crippen LogP contribution is -2.55. The van der Waals surface area contributed by atoms with Crippen LogP contribution in [0.25, 0.3) is 5.65 Å². The number of hydrogen-bond acceptors (Lipinski definition) is 7. The average molecular weight is 449 g/mol. The standard InChI is InChI=1S/C20H22F3N7O2/c1-3-32-19-13(7-25-20(28-19)30-5-4-24-8-15(30)16(22)23)18(31)27-12-6-14(21)17-26-11(2)9-29(17)10-12/h6-7,9-10,15-16,24H,3-5,8H2,1-2H3,(H,27,31). The minimum absolute atomic E-state index is 0.00153. The van der Waals surface area contributed by atoms with Crippen LogP contribution in [-0.2, 0) is 0 Å². The van der Waals surface area contributed by atoms with E-state index in [1.165, 1.54) is 21.7 Å². The molecule has 3 aromatic rings. The van der Waals surface area contributed by atoms with Crippen molar-refractivity contribution < 1.29 is 22.7 Å². The maximum Gasteiger partial charge on any atom is 0.262 e. The highest BCUT2D eigenvalue weighted by atomic mass is 19.3. The molecule has 12 heteroatoms. The number of hydrogen-bond donors (Lipinski definition) is 2. The molecule has 1 fully saturated rings. The molecule has 0 aliphatic carbocycles. The molecule has 1 aliphatic heterocycles. The van der Waals surface area contributed by atoms with E-state index in [0.717, 1.165) is 6.07 Å². The fourth-order valence-electron chi connectivity index (χ4n) is 3.54. The molecule has 9 nitrogen and oxygen atoms in total. The molecule has 0 radical (unpaired) electrons. The molecular formula is C20H22F3N7O2. The van der Waals surface area contributed by atoms with Crippen molar-refractivity contribution in [2.45, 2.75) is 26.3 Å². The highest BCUT2D eigenvalue weighted by molar-refractivity contribution is 6.05. The number of ether oxygens (including phenoxy) is 1. The summed E-state index contributed by atoms with van der Waals surface area (Å²) >= 11 is 0. The van der Waals surface area contributed by atoms with E-state index in [1.807, 2.05) is 0 Å². The number of piperazine rings is 1. The Morgan fingerprint density at radius 1 is 1.38 bits per heavy atom. The molecule has 4 heterocycles. The molecule has 2 N–H and O–H groups in total. The monoisotopic (exact) mass is 449 g/mol. The Balaban J connectivity index is 1.62. The molecule has 4 rings (SSSR count). The topological polar surface area (TPSA) is 96.7 Å². The fourth-order valence-corrected chi connectivity index (χ4v) is 3.54. The number of alkyl halides is 2. The van der Waals surface area contributed by atoms with Gasteiger partial charge in [0.15, 0.2) is 11.5 Å². The van der Waals surface area contributed by atoms with Gasteiger partial charge in [0, 0.05) is 44.3 Å². The number of nitrogens with one attached hydrogen (secondary N) is 2. The summed E-state index contributed by atoms with van der Waals surface area (Å²) in [5, 5.41) is 5.52. The van der Waals surface area contributed by atoms with E-state index in [0.29, 0.717) is 12.2 Å². The average Bonchev–Trinajstić information content (AvgIpc) is 3.14. The van der Waals surface area contributed by atoms with Gasteiger partial charge in [-0.15, -0.1) is 0 Å². The van der Waals surface area contributed by atoms with Gasteiger partial charge in [0.05, 0.1) is 18.0 Å². The number of carbonyl (C=O) groups is 1. The van der Waals surface area contributed by atoms with Crippen LogP contribution in [0.5, 0.6) is 5.88 Å². The molecule has 0 aromatic carbocycles. The molecule has 1 saturated heterocycles. The maximum absolute atomic E-state index is 14.3. The van der Waals surface area contributed by atoms with Crippen molar-refractivity contribution in [1.29, 1.82) is 0 Å². The number of fused-ring (bicyclic) bond motifs is 1. The van der Waals surface area contributed by atoms with E-state index in [4.69, 9.17) is 4.74 Å². The lowest BCUT2D eigenvalue weighted by atomic mass is 10.2. The van der Waals surface area contributed by atoms with Gasteiger partial charge in [-0.2, -0.15) is 4.98 Å². The second-order valence-electron chi connectivity index (χ2n) is 7.27. The van der Waals surface area contributed by atoms with E-state index >= 15 is 0 Å². The van der Waals surface area contributed by atoms with Crippen molar-refractivity contribution in [3.8, 4) is 5.88 Å². The number of carbonyl (C=O) groups excluding carboxylic acids is 1. The molecular weight excluding hydrogens is 427 g/mol. The SMILES string of the molecule is CCOc1nc(N2CCNCC2C(F)F)ncc1C(=O)Nc1cc(F)c2nc(C)cn2c1. The highest BCUT2D eigenvalue weighted by Gasteiger charge is 2.32. The fraction of sp³-hybridized carbons (Fsp3) is 0.400. The van der Waals surface area contributed by atoms with Crippen molar-refractivity contribution >= 4 is 23.2 Å². The van der Waals surface area contributed by atoms with Gasteiger partial charge in [-0.1, -0.05) is 0 Å². The maximum atomic E-state index is 14.3. The van der Waals surface area contributed by atoms with Gasteiger partial charge in [-0.3, -0.25) is 4.79 Å². The minimum atomic E-state index is -2.60. The lowest BCUT2D eigenvalue weighted by molar-refractivity contribution is 0.101. The number of pyridine rings is 1. The second-order valence-corrected chi connectivity index (χ2v) is 7.27. The molecule has 0 spiro atoms. The number of imidazole rings is 1. The summed E-state index contributed by atoms with van der Waals surface area (Å²) < 4.78 is 48.1. The zero-order chi connectivity index (χ0) is 22.8. The minimum Gasteiger partial charge on any atom is -0.477 e. The zero-order valence-corrected chi connectivity index (χ0v) is 17.5. The first kappa shape index (κ1) is 21.8. The summed E-state index contributed by atoms with van der Waals surface area (Å²) in [6.45, 7) is 4.52. The number of nitrogens with zero attached hydrogens (tertiary/aromatic N) is 5. The molecule has 0 saturated carbocycles. The van der Waals surface area contributed by atoms with Gasteiger partial charge in [-0.25, -0.2) is 23.1 Å². The number of rotatable bonds is 6. The van der Waals surface area contributed by atoms with E-state index in [-0.39, 0.29) is 48.4 Å². The van der Waals surface area contributed by atoms with Crippen LogP contribution >= 0.6 is 0 Å². The third-order valence-electron chi connectivity index (χ3n) is 4.98. The quantitative estimate of drug-likeness (QED) is 0.596. The Morgan fingerprint density at radius 2 is 2.19 bits per heavy atom. The van der Waals surface area contributed by atoms with Gasteiger partial charge in [-0.05, 0) is 13.8 Å². The normalized spacial score (nSPS) is 16.6. The number of aromatic nitrogens is 4. The van der Waals surface area contributed by atoms with Crippen molar-refractivity contribution in [3.63, 3.8) is 0 Å². The van der Waals surface area contributed by atoms with Gasteiger partial charge in [0.25, 0.3) is 12.3 Å². The molecule has 170 valence electrons. The van der Waals surface area contributed by atoms with Gasteiger partial charge >= 0.3 is 0 Å². The van der Waals surface area contributed by atoms with Gasteiger partial charge in [0.1, 0.15) is 11.6 Å². The Hall–Kier alpha value is -3.41. The van der Waals surface area contributed by atoms with Gasteiger partial charge < -0.3 is 24.7 Å². The first-order chi connectivity index (χ1) is 15.4. The van der Waals surface area contributed by atoms with Crippen molar-refractivity contribution in [2.75, 3.05) is 36.5 Å². The first-order valence-electron chi connectivity index (χ1n) is 10.1. The summed E-state index contributed by atoms with van der Waals surface area (Å²) in [6.07, 6.45) is 1.79. The second kappa shape index (κ2) is 8.99. The largest absolute Gasteiger partial charge is 0.477 e. The molecule has 0 bridgehead atoms. The number of anilines is 2. The Morgan fingerprint density at radius 3 is 2.94 bits per heavy atom. The number of aryl methyl sites for hydroxylation is 1. The van der Waals surface area contributed by atoms with E-state index < -0.39 is 24.2 Å². The third-order valence-corrected chi connectivity index (χ3v) is 4.98. The summed E-state index contributed by atoms with van der Waals surface area (Å²) in [5.74, 6) is -1.20. The summed E-state index contributed by atoms with van der Waals surface area (Å²) in [6, 6.07) is 0.0645. The summed E-state index contributed by atoms with van der Waals surface area (Å²) in [4.78, 5) is 26.7. The van der Waals surface area contributed by atoms with E-state index in [1.54, 1.807) is 20.0 Å². The Bertz CT molecular complexity index is 1140. The van der Waals surface area contributed by atoms with Crippen LogP contribution in [0.15, 0.2) is 24.7 Å². The Kier molecular flexibility index (Phi) is 6.12. The predicted octanol–water partition coefficient (Wildman–Crippen LogP) is 2.27. The number of halogens is 3. The highest BCUT2D eigenvalue weighted by Crippen LogP contribution is 2.24. The van der Waals surface area contributed by atoms with Crippen molar-refractivity contribution in [2.24, 2.45) is 0 Å². The van der Waals surface area contributed by atoms with Gasteiger partial charge in [0.2, 0.25) is 11.8 Å². The summed E-state index contributed by atoms with van der Waals surface area (Å²) in [5.41, 5.74) is 0.975. The lowest BCUT2D eigenvalue weighted by Gasteiger charge is -2.35. The first-order valence-corrected chi connectivity index (χ1v) is 10.1. The zero-order valence-electron chi connectivity index (χ0n) is 17.5. The smallest absolute Gasteiger partial charge is 0.262 e. The van der Waals surface area contributed by atoms with Crippen LogP contribution in [0.2, 0.25) is 0 Å². The van der Waals surface area contributed by atoms with Crippen LogP contribution < -0.4 is 20.3 Å². The third kappa shape index (κ3) is 4.31. The van der Waals surface area contributed by atoms with E-state index in [9.17, 15) is 18.0 Å². The van der Waals surface area contributed by atoms with E-state index in [2.05, 4.69) is 25.6 Å². The molecule has 32 heavy (non-hydrogen) atoms. The summed E-state index contributed by atoms with van der Waals surface area (Å²) in [7, 11) is 0. The number of amides is 1.